The maximum Gasteiger partial charge on any atom is 0.344 e. The minimum absolute atomic E-state index is 0.141. The second-order valence-electron chi connectivity index (χ2n) is 5.09. The third-order valence-corrected chi connectivity index (χ3v) is 3.25. The molecule has 1 N–H and O–H groups in total. The summed E-state index contributed by atoms with van der Waals surface area (Å²) in [5.41, 5.74) is 3.66. The fourth-order valence-corrected chi connectivity index (χ4v) is 1.99. The van der Waals surface area contributed by atoms with Gasteiger partial charge in [-0.2, -0.15) is 5.10 Å². The van der Waals surface area contributed by atoms with Crippen LogP contribution >= 0.6 is 0 Å². The van der Waals surface area contributed by atoms with Crippen LogP contribution in [0.4, 0.5) is 0 Å². The molecule has 0 aliphatic heterocycles. The number of amides is 1. The van der Waals surface area contributed by atoms with E-state index in [0.29, 0.717) is 23.7 Å². The first-order valence-electron chi connectivity index (χ1n) is 7.98. The summed E-state index contributed by atoms with van der Waals surface area (Å²) in [5.74, 6) is 0.378. The minimum Gasteiger partial charge on any atom is -0.497 e. The molecule has 0 heterocycles. The molecule has 7 heteroatoms. The molecule has 0 atom stereocenters. The number of carbonyl (C=O) groups is 2. The van der Waals surface area contributed by atoms with Gasteiger partial charge in [-0.3, -0.25) is 4.79 Å². The zero-order valence-corrected chi connectivity index (χ0v) is 14.6. The molecule has 0 radical (unpaired) electrons. The molecule has 0 spiro atoms. The molecular weight excluding hydrogens is 336 g/mol. The topological polar surface area (TPSA) is 86.2 Å². The van der Waals surface area contributed by atoms with E-state index in [0.717, 1.165) is 5.56 Å². The average Bonchev–Trinajstić information content (AvgIpc) is 2.67. The SMILES string of the molecule is CCOC(=O)COc1ccc(C=NNC(=O)c2cccc(OC)c2)cc1. The van der Waals surface area contributed by atoms with Crippen molar-refractivity contribution in [3.8, 4) is 11.5 Å². The molecule has 0 bridgehead atoms. The van der Waals surface area contributed by atoms with Crippen LogP contribution in [0.5, 0.6) is 11.5 Å². The highest BCUT2D eigenvalue weighted by Crippen LogP contribution is 2.13. The number of hydrogen-bond acceptors (Lipinski definition) is 6. The van der Waals surface area contributed by atoms with Crippen LogP contribution in [-0.4, -0.2) is 38.4 Å². The molecule has 26 heavy (non-hydrogen) atoms. The first kappa shape index (κ1) is 19.0. The van der Waals surface area contributed by atoms with Crippen molar-refractivity contribution in [3.05, 3.63) is 59.7 Å². The minimum atomic E-state index is -0.418. The summed E-state index contributed by atoms with van der Waals surface area (Å²) < 4.78 is 15.2. The third kappa shape index (κ3) is 5.94. The van der Waals surface area contributed by atoms with Crippen molar-refractivity contribution in [1.82, 2.24) is 5.43 Å². The van der Waals surface area contributed by atoms with Crippen molar-refractivity contribution >= 4 is 18.1 Å². The summed E-state index contributed by atoms with van der Waals surface area (Å²) in [6.07, 6.45) is 1.51. The van der Waals surface area contributed by atoms with Crippen molar-refractivity contribution in [2.75, 3.05) is 20.3 Å². The van der Waals surface area contributed by atoms with Crippen LogP contribution in [0.15, 0.2) is 53.6 Å². The van der Waals surface area contributed by atoms with E-state index in [1.54, 1.807) is 55.5 Å². The molecule has 2 aromatic carbocycles. The maximum atomic E-state index is 12.0. The van der Waals surface area contributed by atoms with Crippen molar-refractivity contribution in [2.45, 2.75) is 6.92 Å². The Balaban J connectivity index is 1.86. The van der Waals surface area contributed by atoms with Crippen LogP contribution in [-0.2, 0) is 9.53 Å². The van der Waals surface area contributed by atoms with Crippen molar-refractivity contribution in [2.24, 2.45) is 5.10 Å². The second kappa shape index (κ2) is 9.83. The van der Waals surface area contributed by atoms with Crippen LogP contribution in [0.3, 0.4) is 0 Å². The summed E-state index contributed by atoms with van der Waals surface area (Å²) in [4.78, 5) is 23.2. The molecule has 0 aliphatic carbocycles. The Morgan fingerprint density at radius 1 is 1.12 bits per heavy atom. The number of hydrazone groups is 1. The highest BCUT2D eigenvalue weighted by atomic mass is 16.6. The summed E-state index contributed by atoms with van der Waals surface area (Å²) >= 11 is 0. The van der Waals surface area contributed by atoms with Crippen LogP contribution in [0.25, 0.3) is 0 Å². The standard InChI is InChI=1S/C19H20N2O5/c1-3-25-18(22)13-26-16-9-7-14(8-10-16)12-20-21-19(23)15-5-4-6-17(11-15)24-2/h4-12H,3,13H2,1-2H3,(H,21,23). The van der Waals surface area contributed by atoms with E-state index >= 15 is 0 Å². The van der Waals surface area contributed by atoms with Gasteiger partial charge in [0, 0.05) is 5.56 Å². The third-order valence-electron chi connectivity index (χ3n) is 3.25. The fourth-order valence-electron chi connectivity index (χ4n) is 1.99. The van der Waals surface area contributed by atoms with Gasteiger partial charge in [0.2, 0.25) is 0 Å². The van der Waals surface area contributed by atoms with Crippen LogP contribution in [0.2, 0.25) is 0 Å². The summed E-state index contributed by atoms with van der Waals surface area (Å²) in [5, 5.41) is 3.92. The molecule has 2 rings (SSSR count). The average molecular weight is 356 g/mol. The number of esters is 1. The van der Waals surface area contributed by atoms with Gasteiger partial charge in [-0.15, -0.1) is 0 Å². The lowest BCUT2D eigenvalue weighted by atomic mass is 10.2. The van der Waals surface area contributed by atoms with E-state index in [4.69, 9.17) is 14.2 Å². The Morgan fingerprint density at radius 2 is 1.88 bits per heavy atom. The van der Waals surface area contributed by atoms with Crippen LogP contribution in [0.1, 0.15) is 22.8 Å². The van der Waals surface area contributed by atoms with Crippen molar-refractivity contribution in [1.29, 1.82) is 0 Å². The summed E-state index contributed by atoms with van der Waals surface area (Å²) in [6.45, 7) is 1.91. The van der Waals surface area contributed by atoms with E-state index < -0.39 is 5.97 Å². The zero-order chi connectivity index (χ0) is 18.8. The molecular formula is C19H20N2O5. The quantitative estimate of drug-likeness (QED) is 0.446. The van der Waals surface area contributed by atoms with E-state index in [2.05, 4.69) is 10.5 Å². The molecule has 0 fully saturated rings. The number of carbonyl (C=O) groups excluding carboxylic acids is 2. The zero-order valence-electron chi connectivity index (χ0n) is 14.6. The number of nitrogens with zero attached hydrogens (tertiary/aromatic N) is 1. The molecule has 1 amide bonds. The van der Waals surface area contributed by atoms with Gasteiger partial charge in [0.15, 0.2) is 6.61 Å². The summed E-state index contributed by atoms with van der Waals surface area (Å²) in [6, 6.07) is 13.7. The van der Waals surface area contributed by atoms with E-state index in [1.807, 2.05) is 0 Å². The van der Waals surface area contributed by atoms with Gasteiger partial charge in [0.25, 0.3) is 5.91 Å². The lowest BCUT2D eigenvalue weighted by Crippen LogP contribution is -2.17. The number of rotatable bonds is 8. The number of ether oxygens (including phenoxy) is 3. The van der Waals surface area contributed by atoms with E-state index in [-0.39, 0.29) is 12.5 Å². The van der Waals surface area contributed by atoms with E-state index in [1.165, 1.54) is 13.3 Å². The van der Waals surface area contributed by atoms with Gasteiger partial charge >= 0.3 is 5.97 Å². The van der Waals surface area contributed by atoms with Gasteiger partial charge in [-0.1, -0.05) is 6.07 Å². The molecule has 0 unspecified atom stereocenters. The number of methoxy groups -OCH3 is 1. The fraction of sp³-hybridized carbons (Fsp3) is 0.211. The van der Waals surface area contributed by atoms with Crippen LogP contribution in [0, 0.1) is 0 Å². The highest BCUT2D eigenvalue weighted by molar-refractivity contribution is 5.95. The van der Waals surface area contributed by atoms with Crippen molar-refractivity contribution in [3.63, 3.8) is 0 Å². The van der Waals surface area contributed by atoms with Gasteiger partial charge in [-0.05, 0) is 55.0 Å². The lowest BCUT2D eigenvalue weighted by molar-refractivity contribution is -0.145. The first-order chi connectivity index (χ1) is 12.6. The Labute approximate surface area is 151 Å². The van der Waals surface area contributed by atoms with Gasteiger partial charge in [0.1, 0.15) is 11.5 Å². The molecule has 136 valence electrons. The first-order valence-corrected chi connectivity index (χ1v) is 7.98. The second-order valence-corrected chi connectivity index (χ2v) is 5.09. The van der Waals surface area contributed by atoms with Crippen LogP contribution < -0.4 is 14.9 Å². The Kier molecular flexibility index (Phi) is 7.17. The Morgan fingerprint density at radius 3 is 2.58 bits per heavy atom. The lowest BCUT2D eigenvalue weighted by Gasteiger charge is -2.05. The van der Waals surface area contributed by atoms with Crippen molar-refractivity contribution < 1.29 is 23.8 Å². The van der Waals surface area contributed by atoms with Gasteiger partial charge in [-0.25, -0.2) is 10.2 Å². The molecule has 7 nitrogen and oxygen atoms in total. The highest BCUT2D eigenvalue weighted by Gasteiger charge is 2.05. The maximum absolute atomic E-state index is 12.0. The van der Waals surface area contributed by atoms with E-state index in [9.17, 15) is 9.59 Å². The molecule has 0 saturated carbocycles. The summed E-state index contributed by atoms with van der Waals surface area (Å²) in [7, 11) is 1.54. The number of benzene rings is 2. The molecule has 0 aromatic heterocycles. The number of nitrogens with one attached hydrogen (secondary N) is 1. The smallest absolute Gasteiger partial charge is 0.344 e. The molecule has 0 aliphatic rings. The molecule has 2 aromatic rings. The number of hydrogen-bond donors (Lipinski definition) is 1. The predicted octanol–water partition coefficient (Wildman–Crippen LogP) is 2.40. The monoisotopic (exact) mass is 356 g/mol. The Hall–Kier alpha value is -3.35. The molecule has 0 saturated heterocycles. The van der Waals surface area contributed by atoms with Gasteiger partial charge in [0.05, 0.1) is 19.9 Å². The predicted molar refractivity (Wildman–Crippen MR) is 96.6 cm³/mol. The largest absolute Gasteiger partial charge is 0.497 e. The Bertz CT molecular complexity index is 772. The van der Waals surface area contributed by atoms with Gasteiger partial charge < -0.3 is 14.2 Å². The normalized spacial score (nSPS) is 10.4.